The summed E-state index contributed by atoms with van der Waals surface area (Å²) in [4.78, 5) is 12.6. The molecule has 3 aromatic heterocycles. The molecule has 5 N–H and O–H groups in total. The van der Waals surface area contributed by atoms with Gasteiger partial charge in [-0.3, -0.25) is 0 Å². The van der Waals surface area contributed by atoms with Crippen LogP contribution in [0, 0.1) is 0 Å². The van der Waals surface area contributed by atoms with Crippen molar-refractivity contribution in [2.24, 2.45) is 0 Å². The standard InChI is InChI=1S/C16H15N7O3S2/c17-14-12-13(7-1-2-10-8(3-7)21-16(18)26-10)22-23(15(12)20-6-19-14)4-11-9(24)5-28(25)27-11/h1-3,6,9,11,24H,4-5H2,(H2,18,21)(H2,17,19,20)/t9-,11+,28?/m1/s1. The Balaban J connectivity index is 1.65. The van der Waals surface area contributed by atoms with Crippen LogP contribution in [0.5, 0.6) is 0 Å². The first kappa shape index (κ1) is 17.4. The van der Waals surface area contributed by atoms with Gasteiger partial charge in [0.15, 0.2) is 11.2 Å². The summed E-state index contributed by atoms with van der Waals surface area (Å²) in [6.07, 6.45) is 0.708. The molecule has 1 aliphatic heterocycles. The average molecular weight is 417 g/mol. The molecule has 0 amide bonds. The summed E-state index contributed by atoms with van der Waals surface area (Å²) in [7, 11) is 0.142. The lowest BCUT2D eigenvalue weighted by atomic mass is 10.1. The molecule has 0 saturated carbocycles. The van der Waals surface area contributed by atoms with Crippen molar-refractivity contribution in [1.82, 2.24) is 24.7 Å². The van der Waals surface area contributed by atoms with E-state index in [2.05, 4.69) is 20.1 Å². The molecule has 1 aromatic carbocycles. The maximum atomic E-state index is 11.7. The lowest BCUT2D eigenvalue weighted by molar-refractivity contribution is 0.190. The fourth-order valence-corrected chi connectivity index (χ4v) is 6.73. The molecule has 0 bridgehead atoms. The summed E-state index contributed by atoms with van der Waals surface area (Å²) in [5.74, 6) is 0.553. The van der Waals surface area contributed by atoms with Crippen molar-refractivity contribution < 1.29 is 13.7 Å². The minimum Gasteiger partial charge on any atom is -0.424 e. The SMILES string of the molecule is Nc1nc2cc(-c3nn(C[C@@H]4SS(=O)C[C@H]4O)c4ncnc(N)c34)ccc2o1. The van der Waals surface area contributed by atoms with Gasteiger partial charge in [0.05, 0.1) is 38.9 Å². The molecular formula is C16H15N7O3S2. The van der Waals surface area contributed by atoms with Crippen molar-refractivity contribution >= 4 is 54.6 Å². The first-order valence-corrected chi connectivity index (χ1v) is 11.1. The Labute approximate surface area is 164 Å². The Bertz CT molecular complexity index is 1240. The number of nitrogen functional groups attached to an aromatic ring is 2. The highest BCUT2D eigenvalue weighted by Gasteiger charge is 2.33. The summed E-state index contributed by atoms with van der Waals surface area (Å²) in [6.45, 7) is 0.351. The number of benzene rings is 1. The molecule has 1 aliphatic rings. The number of oxazole rings is 1. The normalized spacial score (nSPS) is 22.4. The van der Waals surface area contributed by atoms with Gasteiger partial charge in [-0.15, -0.1) is 0 Å². The molecule has 0 aliphatic carbocycles. The van der Waals surface area contributed by atoms with E-state index in [-0.39, 0.29) is 17.0 Å². The average Bonchev–Trinajstić information content (AvgIpc) is 3.30. The number of rotatable bonds is 3. The number of fused-ring (bicyclic) bond motifs is 2. The topological polar surface area (TPSA) is 159 Å². The van der Waals surface area contributed by atoms with Crippen LogP contribution < -0.4 is 11.5 Å². The van der Waals surface area contributed by atoms with E-state index >= 15 is 0 Å². The fourth-order valence-electron chi connectivity index (χ4n) is 3.26. The molecule has 3 atom stereocenters. The van der Waals surface area contributed by atoms with E-state index in [0.717, 1.165) is 5.56 Å². The van der Waals surface area contributed by atoms with Crippen molar-refractivity contribution in [2.45, 2.75) is 17.9 Å². The van der Waals surface area contributed by atoms with E-state index in [1.54, 1.807) is 10.7 Å². The number of aromatic nitrogens is 5. The van der Waals surface area contributed by atoms with Gasteiger partial charge < -0.3 is 21.0 Å². The molecule has 4 aromatic rings. The summed E-state index contributed by atoms with van der Waals surface area (Å²) in [5, 5.41) is 15.2. The van der Waals surface area contributed by atoms with Crippen LogP contribution in [0.15, 0.2) is 28.9 Å². The molecule has 1 fully saturated rings. The van der Waals surface area contributed by atoms with Crippen LogP contribution in [-0.4, -0.2) is 51.2 Å². The highest BCUT2D eigenvalue weighted by Crippen LogP contribution is 2.34. The third-order valence-electron chi connectivity index (χ3n) is 4.56. The molecule has 0 radical (unpaired) electrons. The van der Waals surface area contributed by atoms with Crippen molar-refractivity contribution in [1.29, 1.82) is 0 Å². The maximum absolute atomic E-state index is 11.7. The second-order valence-corrected chi connectivity index (χ2v) is 9.83. The van der Waals surface area contributed by atoms with Gasteiger partial charge in [-0.1, -0.05) is 10.8 Å². The van der Waals surface area contributed by atoms with Crippen LogP contribution in [0.1, 0.15) is 0 Å². The largest absolute Gasteiger partial charge is 0.424 e. The molecule has 12 heteroatoms. The van der Waals surface area contributed by atoms with E-state index in [9.17, 15) is 9.32 Å². The summed E-state index contributed by atoms with van der Waals surface area (Å²) >= 11 is 0. The lowest BCUT2D eigenvalue weighted by Crippen LogP contribution is -2.25. The number of anilines is 2. The second-order valence-electron chi connectivity index (χ2n) is 6.40. The number of nitrogens with zero attached hydrogens (tertiary/aromatic N) is 5. The predicted molar refractivity (Wildman–Crippen MR) is 108 cm³/mol. The van der Waals surface area contributed by atoms with E-state index in [0.29, 0.717) is 40.2 Å². The summed E-state index contributed by atoms with van der Waals surface area (Å²) in [5.41, 5.74) is 14.8. The first-order valence-electron chi connectivity index (χ1n) is 8.36. The minimum atomic E-state index is -1.10. The Kier molecular flexibility index (Phi) is 4.00. The maximum Gasteiger partial charge on any atom is 0.292 e. The number of aliphatic hydroxyl groups excluding tert-OH is 1. The van der Waals surface area contributed by atoms with Gasteiger partial charge >= 0.3 is 0 Å². The van der Waals surface area contributed by atoms with Gasteiger partial charge in [0.2, 0.25) is 0 Å². The monoisotopic (exact) mass is 417 g/mol. The van der Waals surface area contributed by atoms with Crippen LogP contribution in [0.2, 0.25) is 0 Å². The molecule has 4 heterocycles. The Morgan fingerprint density at radius 3 is 3.00 bits per heavy atom. The van der Waals surface area contributed by atoms with Gasteiger partial charge in [-0.2, -0.15) is 10.1 Å². The van der Waals surface area contributed by atoms with E-state index in [1.807, 2.05) is 12.1 Å². The minimum absolute atomic E-state index is 0.0885. The zero-order valence-corrected chi connectivity index (χ0v) is 16.0. The van der Waals surface area contributed by atoms with E-state index in [1.165, 1.54) is 17.1 Å². The Morgan fingerprint density at radius 2 is 2.21 bits per heavy atom. The van der Waals surface area contributed by atoms with Crippen molar-refractivity contribution in [3.63, 3.8) is 0 Å². The van der Waals surface area contributed by atoms with Gasteiger partial charge in [-0.25, -0.2) is 18.9 Å². The van der Waals surface area contributed by atoms with Crippen LogP contribution in [0.3, 0.4) is 0 Å². The van der Waals surface area contributed by atoms with Crippen LogP contribution in [-0.2, 0) is 16.4 Å². The van der Waals surface area contributed by atoms with Gasteiger partial charge in [0, 0.05) is 5.56 Å². The third kappa shape index (κ3) is 2.80. The van der Waals surface area contributed by atoms with Gasteiger partial charge in [0.1, 0.15) is 23.4 Å². The van der Waals surface area contributed by atoms with Crippen LogP contribution >= 0.6 is 10.8 Å². The molecule has 5 rings (SSSR count). The zero-order chi connectivity index (χ0) is 19.4. The van der Waals surface area contributed by atoms with Crippen molar-refractivity contribution in [2.75, 3.05) is 17.2 Å². The van der Waals surface area contributed by atoms with Gasteiger partial charge in [0.25, 0.3) is 6.01 Å². The highest BCUT2D eigenvalue weighted by atomic mass is 33.1. The number of aliphatic hydroxyl groups is 1. The van der Waals surface area contributed by atoms with E-state index in [4.69, 9.17) is 15.9 Å². The summed E-state index contributed by atoms with van der Waals surface area (Å²) < 4.78 is 18.7. The fraction of sp³-hybridized carbons (Fsp3) is 0.250. The predicted octanol–water partition coefficient (Wildman–Crippen LogP) is 0.939. The van der Waals surface area contributed by atoms with Gasteiger partial charge in [-0.05, 0) is 18.2 Å². The number of hydrogen-bond donors (Lipinski definition) is 3. The molecule has 144 valence electrons. The molecule has 1 saturated heterocycles. The van der Waals surface area contributed by atoms with Crippen LogP contribution in [0.4, 0.5) is 11.8 Å². The third-order valence-corrected chi connectivity index (χ3v) is 7.89. The molecule has 0 spiro atoms. The lowest BCUT2D eigenvalue weighted by Gasteiger charge is -2.12. The molecular weight excluding hydrogens is 402 g/mol. The van der Waals surface area contributed by atoms with Crippen molar-refractivity contribution in [3.8, 4) is 11.3 Å². The van der Waals surface area contributed by atoms with E-state index < -0.39 is 15.9 Å². The Morgan fingerprint density at radius 1 is 1.36 bits per heavy atom. The molecule has 28 heavy (non-hydrogen) atoms. The second kappa shape index (κ2) is 6.43. The highest BCUT2D eigenvalue weighted by molar-refractivity contribution is 8.69. The number of hydrogen-bond acceptors (Lipinski definition) is 10. The van der Waals surface area contributed by atoms with Crippen LogP contribution in [0.25, 0.3) is 33.4 Å². The first-order chi connectivity index (χ1) is 13.5. The van der Waals surface area contributed by atoms with Crippen molar-refractivity contribution in [3.05, 3.63) is 24.5 Å². The Hall–Kier alpha value is -2.70. The number of nitrogens with two attached hydrogens (primary N) is 2. The zero-order valence-electron chi connectivity index (χ0n) is 14.3. The molecule has 1 unspecified atom stereocenters. The smallest absolute Gasteiger partial charge is 0.292 e. The quantitative estimate of drug-likeness (QED) is 0.409. The molecule has 10 nitrogen and oxygen atoms in total. The summed E-state index contributed by atoms with van der Waals surface area (Å²) in [6, 6.07) is 5.49.